The lowest BCUT2D eigenvalue weighted by Gasteiger charge is -2.19. The SMILES string of the molecule is CC(C)C1(CNc2nc(Cl)c(C#N)s2)CC1. The zero-order valence-corrected chi connectivity index (χ0v) is 11.0. The summed E-state index contributed by atoms with van der Waals surface area (Å²) < 4.78 is 0. The fraction of sp³-hybridized carbons (Fsp3) is 0.636. The summed E-state index contributed by atoms with van der Waals surface area (Å²) in [7, 11) is 0. The molecule has 16 heavy (non-hydrogen) atoms. The van der Waals surface area contributed by atoms with Crippen molar-refractivity contribution in [3.63, 3.8) is 0 Å². The maximum Gasteiger partial charge on any atom is 0.185 e. The molecule has 0 atom stereocenters. The van der Waals surface area contributed by atoms with Crippen molar-refractivity contribution in [1.82, 2.24) is 4.98 Å². The van der Waals surface area contributed by atoms with Crippen LogP contribution in [0, 0.1) is 22.7 Å². The second-order valence-electron chi connectivity index (χ2n) is 4.62. The fourth-order valence-corrected chi connectivity index (χ4v) is 2.76. The van der Waals surface area contributed by atoms with E-state index >= 15 is 0 Å². The Morgan fingerprint density at radius 1 is 1.62 bits per heavy atom. The van der Waals surface area contributed by atoms with Gasteiger partial charge in [-0.1, -0.05) is 36.8 Å². The van der Waals surface area contributed by atoms with Crippen molar-refractivity contribution in [2.75, 3.05) is 11.9 Å². The minimum atomic E-state index is 0.310. The van der Waals surface area contributed by atoms with E-state index < -0.39 is 0 Å². The van der Waals surface area contributed by atoms with E-state index in [-0.39, 0.29) is 0 Å². The molecule has 1 N–H and O–H groups in total. The van der Waals surface area contributed by atoms with Gasteiger partial charge in [-0.2, -0.15) is 5.26 Å². The molecule has 1 aliphatic carbocycles. The maximum absolute atomic E-state index is 8.77. The highest BCUT2D eigenvalue weighted by atomic mass is 35.5. The average molecular weight is 256 g/mol. The Labute approximate surface area is 104 Å². The number of hydrogen-bond acceptors (Lipinski definition) is 4. The van der Waals surface area contributed by atoms with Gasteiger partial charge in [0.05, 0.1) is 0 Å². The lowest BCUT2D eigenvalue weighted by Crippen LogP contribution is -2.20. The van der Waals surface area contributed by atoms with Crippen LogP contribution in [0.15, 0.2) is 0 Å². The predicted octanol–water partition coefficient (Wildman–Crippen LogP) is 3.52. The molecule has 0 amide bonds. The summed E-state index contributed by atoms with van der Waals surface area (Å²) in [6.45, 7) is 5.44. The second-order valence-corrected chi connectivity index (χ2v) is 5.98. The van der Waals surface area contributed by atoms with Gasteiger partial charge in [-0.3, -0.25) is 0 Å². The number of halogens is 1. The first-order valence-electron chi connectivity index (χ1n) is 5.38. The molecule has 5 heteroatoms. The van der Waals surface area contributed by atoms with Crippen LogP contribution in [0.2, 0.25) is 5.15 Å². The van der Waals surface area contributed by atoms with E-state index in [2.05, 4.69) is 24.1 Å². The Morgan fingerprint density at radius 3 is 2.75 bits per heavy atom. The van der Waals surface area contributed by atoms with Gasteiger partial charge in [0.15, 0.2) is 10.3 Å². The van der Waals surface area contributed by atoms with Crippen LogP contribution in [0.3, 0.4) is 0 Å². The van der Waals surface area contributed by atoms with Gasteiger partial charge >= 0.3 is 0 Å². The van der Waals surface area contributed by atoms with Gasteiger partial charge in [-0.15, -0.1) is 0 Å². The van der Waals surface area contributed by atoms with Crippen LogP contribution in [-0.4, -0.2) is 11.5 Å². The zero-order valence-electron chi connectivity index (χ0n) is 9.38. The average Bonchev–Trinajstić information content (AvgIpc) is 2.95. The minimum Gasteiger partial charge on any atom is -0.361 e. The number of rotatable bonds is 4. The van der Waals surface area contributed by atoms with Crippen LogP contribution in [0.25, 0.3) is 0 Å². The molecule has 1 aromatic heterocycles. The summed E-state index contributed by atoms with van der Waals surface area (Å²) in [4.78, 5) is 4.61. The number of nitrogens with one attached hydrogen (secondary N) is 1. The largest absolute Gasteiger partial charge is 0.361 e. The van der Waals surface area contributed by atoms with Crippen LogP contribution in [-0.2, 0) is 0 Å². The van der Waals surface area contributed by atoms with E-state index in [1.807, 2.05) is 6.07 Å². The summed E-state index contributed by atoms with van der Waals surface area (Å²) in [5.74, 6) is 0.686. The third kappa shape index (κ3) is 2.16. The van der Waals surface area contributed by atoms with Crippen molar-refractivity contribution in [3.8, 4) is 6.07 Å². The molecule has 0 aliphatic heterocycles. The van der Waals surface area contributed by atoms with Crippen LogP contribution in [0.4, 0.5) is 5.13 Å². The first-order valence-corrected chi connectivity index (χ1v) is 6.57. The van der Waals surface area contributed by atoms with Crippen molar-refractivity contribution in [3.05, 3.63) is 10.0 Å². The normalized spacial score (nSPS) is 17.2. The van der Waals surface area contributed by atoms with Crippen LogP contribution in [0.1, 0.15) is 31.6 Å². The van der Waals surface area contributed by atoms with Crippen molar-refractivity contribution in [2.45, 2.75) is 26.7 Å². The van der Waals surface area contributed by atoms with Crippen molar-refractivity contribution in [2.24, 2.45) is 11.3 Å². The molecule has 0 unspecified atom stereocenters. The molecule has 1 heterocycles. The van der Waals surface area contributed by atoms with Crippen molar-refractivity contribution < 1.29 is 0 Å². The molecular formula is C11H14ClN3S. The maximum atomic E-state index is 8.77. The van der Waals surface area contributed by atoms with E-state index in [4.69, 9.17) is 16.9 Å². The molecule has 1 fully saturated rings. The van der Waals surface area contributed by atoms with E-state index in [1.165, 1.54) is 24.2 Å². The summed E-state index contributed by atoms with van der Waals surface area (Å²) in [5.41, 5.74) is 0.435. The fourth-order valence-electron chi connectivity index (χ4n) is 1.82. The third-order valence-corrected chi connectivity index (χ3v) is 4.70. The van der Waals surface area contributed by atoms with Crippen LogP contribution >= 0.6 is 22.9 Å². The van der Waals surface area contributed by atoms with Gasteiger partial charge in [0.2, 0.25) is 0 Å². The topological polar surface area (TPSA) is 48.7 Å². The second kappa shape index (κ2) is 4.23. The van der Waals surface area contributed by atoms with Crippen LogP contribution < -0.4 is 5.32 Å². The molecule has 2 rings (SSSR count). The van der Waals surface area contributed by atoms with Gasteiger partial charge in [-0.05, 0) is 24.2 Å². The molecule has 0 saturated heterocycles. The van der Waals surface area contributed by atoms with Crippen LogP contribution in [0.5, 0.6) is 0 Å². The lowest BCUT2D eigenvalue weighted by atomic mass is 9.92. The molecule has 0 spiro atoms. The lowest BCUT2D eigenvalue weighted by molar-refractivity contribution is 0.380. The number of anilines is 1. The highest BCUT2D eigenvalue weighted by Crippen LogP contribution is 2.51. The van der Waals surface area contributed by atoms with Gasteiger partial charge in [0.1, 0.15) is 10.9 Å². The number of thiazole rings is 1. The van der Waals surface area contributed by atoms with Gasteiger partial charge in [0.25, 0.3) is 0 Å². The number of hydrogen-bond donors (Lipinski definition) is 1. The zero-order chi connectivity index (χ0) is 11.8. The van der Waals surface area contributed by atoms with Gasteiger partial charge < -0.3 is 5.32 Å². The van der Waals surface area contributed by atoms with E-state index in [1.54, 1.807) is 0 Å². The van der Waals surface area contributed by atoms with E-state index in [0.29, 0.717) is 21.4 Å². The van der Waals surface area contributed by atoms with E-state index in [0.717, 1.165) is 11.7 Å². The Balaban J connectivity index is 1.98. The highest BCUT2D eigenvalue weighted by Gasteiger charge is 2.45. The number of aromatic nitrogens is 1. The molecule has 86 valence electrons. The third-order valence-electron chi connectivity index (χ3n) is 3.40. The Bertz CT molecular complexity index is 429. The monoisotopic (exact) mass is 255 g/mol. The smallest absolute Gasteiger partial charge is 0.185 e. The Kier molecular flexibility index (Phi) is 3.09. The first-order chi connectivity index (χ1) is 7.57. The number of nitrogens with zero attached hydrogens (tertiary/aromatic N) is 2. The van der Waals surface area contributed by atoms with Gasteiger partial charge in [-0.25, -0.2) is 4.98 Å². The summed E-state index contributed by atoms with van der Waals surface area (Å²) >= 11 is 7.13. The first kappa shape index (κ1) is 11.7. The van der Waals surface area contributed by atoms with Crippen molar-refractivity contribution >= 4 is 28.1 Å². The minimum absolute atomic E-state index is 0.310. The summed E-state index contributed by atoms with van der Waals surface area (Å²) in [6, 6.07) is 2.04. The molecule has 1 aromatic rings. The molecule has 3 nitrogen and oxygen atoms in total. The summed E-state index contributed by atoms with van der Waals surface area (Å²) in [5, 5.41) is 13.1. The van der Waals surface area contributed by atoms with E-state index in [9.17, 15) is 0 Å². The molecule has 1 saturated carbocycles. The van der Waals surface area contributed by atoms with Gasteiger partial charge in [0, 0.05) is 6.54 Å². The Morgan fingerprint density at radius 2 is 2.31 bits per heavy atom. The molecule has 0 bridgehead atoms. The molecule has 0 aromatic carbocycles. The molecule has 0 radical (unpaired) electrons. The molecule has 1 aliphatic rings. The van der Waals surface area contributed by atoms with Crippen molar-refractivity contribution in [1.29, 1.82) is 5.26 Å². The molecular weight excluding hydrogens is 242 g/mol. The predicted molar refractivity (Wildman–Crippen MR) is 66.8 cm³/mol. The highest BCUT2D eigenvalue weighted by molar-refractivity contribution is 7.16. The standard InChI is InChI=1S/C11H14ClN3S/c1-7(2)11(3-4-11)6-14-10-15-9(12)8(5-13)16-10/h7H,3-4,6H2,1-2H3,(H,14,15). The number of nitriles is 1. The quantitative estimate of drug-likeness (QED) is 0.896. The summed E-state index contributed by atoms with van der Waals surface area (Å²) in [6.07, 6.45) is 2.56. The Hall–Kier alpha value is -0.790.